The topological polar surface area (TPSA) is 67.9 Å². The number of likely N-dealkylation sites (tertiary alicyclic amines) is 1. The predicted octanol–water partition coefficient (Wildman–Crippen LogP) is 3.82. The minimum absolute atomic E-state index is 0.0498. The van der Waals surface area contributed by atoms with Crippen LogP contribution in [0.3, 0.4) is 0 Å². The summed E-state index contributed by atoms with van der Waals surface area (Å²) in [4.78, 5) is 2.46. The molecule has 2 aromatic rings. The third-order valence-corrected chi connectivity index (χ3v) is 7.64. The van der Waals surface area contributed by atoms with E-state index in [0.717, 1.165) is 38.2 Å². The second kappa shape index (κ2) is 9.32. The van der Waals surface area contributed by atoms with E-state index in [1.165, 1.54) is 6.07 Å². The van der Waals surface area contributed by atoms with Crippen molar-refractivity contribution in [3.8, 4) is 11.5 Å². The molecule has 0 unspecified atom stereocenters. The van der Waals surface area contributed by atoms with Crippen LogP contribution >= 0.6 is 23.2 Å². The Hall–Kier alpha value is -1.51. The molecule has 2 aromatic carbocycles. The first kappa shape index (κ1) is 21.7. The maximum absolute atomic E-state index is 12.5. The zero-order chi connectivity index (χ0) is 21.1. The van der Waals surface area contributed by atoms with Crippen LogP contribution in [-0.2, 0) is 10.0 Å². The highest BCUT2D eigenvalue weighted by Gasteiger charge is 2.27. The quantitative estimate of drug-likeness (QED) is 0.694. The fraction of sp³-hybridized carbons (Fsp3) is 0.429. The summed E-state index contributed by atoms with van der Waals surface area (Å²) in [7, 11) is -3.60. The molecule has 0 spiro atoms. The molecule has 4 rings (SSSR count). The van der Waals surface area contributed by atoms with Crippen molar-refractivity contribution >= 4 is 33.2 Å². The van der Waals surface area contributed by atoms with Crippen LogP contribution in [0, 0.1) is 5.92 Å². The van der Waals surface area contributed by atoms with Gasteiger partial charge in [-0.05, 0) is 56.1 Å². The fourth-order valence-electron chi connectivity index (χ4n) is 3.81. The van der Waals surface area contributed by atoms with Crippen LogP contribution in [0.1, 0.15) is 12.8 Å². The number of sulfonamides is 1. The minimum atomic E-state index is -3.60. The van der Waals surface area contributed by atoms with E-state index in [0.29, 0.717) is 29.8 Å². The van der Waals surface area contributed by atoms with Crippen LogP contribution in [0.2, 0.25) is 10.0 Å². The van der Waals surface area contributed by atoms with Gasteiger partial charge in [-0.1, -0.05) is 35.3 Å². The van der Waals surface area contributed by atoms with Crippen molar-refractivity contribution in [2.24, 2.45) is 5.92 Å². The molecule has 0 aromatic heterocycles. The van der Waals surface area contributed by atoms with Crippen LogP contribution in [-0.4, -0.2) is 52.2 Å². The van der Waals surface area contributed by atoms with Crippen LogP contribution < -0.4 is 14.2 Å². The lowest BCUT2D eigenvalue weighted by molar-refractivity contribution is 0.0481. The summed E-state index contributed by atoms with van der Waals surface area (Å²) in [6.45, 7) is 3.47. The van der Waals surface area contributed by atoms with Crippen molar-refractivity contribution in [2.45, 2.75) is 23.8 Å². The zero-order valence-electron chi connectivity index (χ0n) is 16.4. The summed E-state index contributed by atoms with van der Waals surface area (Å²) in [5, 5.41) is 0.857. The molecule has 0 amide bonds. The molecule has 1 fully saturated rings. The molecule has 2 aliphatic heterocycles. The van der Waals surface area contributed by atoms with Crippen LogP contribution in [0.15, 0.2) is 47.4 Å². The van der Waals surface area contributed by atoms with Crippen molar-refractivity contribution in [3.63, 3.8) is 0 Å². The number of halogens is 2. The molecule has 2 aliphatic rings. The van der Waals surface area contributed by atoms with Gasteiger partial charge >= 0.3 is 0 Å². The van der Waals surface area contributed by atoms with E-state index < -0.39 is 10.0 Å². The van der Waals surface area contributed by atoms with Crippen molar-refractivity contribution < 1.29 is 17.9 Å². The maximum Gasteiger partial charge on any atom is 0.242 e. The number of hydrogen-bond donors (Lipinski definition) is 1. The van der Waals surface area contributed by atoms with Gasteiger partial charge in [0.15, 0.2) is 11.5 Å². The highest BCUT2D eigenvalue weighted by atomic mass is 35.5. The Kier molecular flexibility index (Phi) is 6.75. The van der Waals surface area contributed by atoms with E-state index in [2.05, 4.69) is 9.62 Å². The Morgan fingerprint density at radius 1 is 1.07 bits per heavy atom. The number of hydrogen-bond acceptors (Lipinski definition) is 5. The van der Waals surface area contributed by atoms with Gasteiger partial charge in [-0.3, -0.25) is 4.90 Å². The Bertz CT molecular complexity index is 994. The summed E-state index contributed by atoms with van der Waals surface area (Å²) in [6.07, 6.45) is 1.79. The predicted molar refractivity (Wildman–Crippen MR) is 117 cm³/mol. The van der Waals surface area contributed by atoms with Crippen LogP contribution in [0.5, 0.6) is 11.5 Å². The van der Waals surface area contributed by atoms with Crippen LogP contribution in [0.25, 0.3) is 0 Å². The number of piperidine rings is 1. The monoisotopic (exact) mass is 470 g/mol. The summed E-state index contributed by atoms with van der Waals surface area (Å²) >= 11 is 12.1. The van der Waals surface area contributed by atoms with E-state index in [1.54, 1.807) is 30.3 Å². The number of fused-ring (bicyclic) bond motifs is 1. The number of rotatable bonds is 6. The molecule has 2 heterocycles. The van der Waals surface area contributed by atoms with Crippen molar-refractivity contribution in [1.82, 2.24) is 9.62 Å². The van der Waals surface area contributed by atoms with Gasteiger partial charge in [0.25, 0.3) is 0 Å². The summed E-state index contributed by atoms with van der Waals surface area (Å²) < 4.78 is 39.5. The normalized spacial score (nSPS) is 20.3. The van der Waals surface area contributed by atoms with E-state index in [1.807, 2.05) is 6.07 Å². The molecule has 1 N–H and O–H groups in total. The molecule has 1 atom stereocenters. The van der Waals surface area contributed by atoms with E-state index >= 15 is 0 Å². The third kappa shape index (κ3) is 5.21. The molecule has 1 saturated heterocycles. The number of nitrogens with zero attached hydrogens (tertiary/aromatic N) is 1. The first-order valence-electron chi connectivity index (χ1n) is 9.96. The standard InChI is InChI=1S/C21H24Cl2N2O4S/c22-16-5-6-19-20(11-16)29-17(14-28-19)13-25-9-7-15(8-10-25)12-24-30(26,27)21-4-2-1-3-18(21)23/h1-6,11,15,17,24H,7-10,12-14H2/t17-/m0/s1. The number of benzene rings is 2. The Morgan fingerprint density at radius 3 is 2.60 bits per heavy atom. The largest absolute Gasteiger partial charge is 0.486 e. The summed E-state index contributed by atoms with van der Waals surface area (Å²) in [5.41, 5.74) is 0. The van der Waals surface area contributed by atoms with Crippen molar-refractivity contribution in [3.05, 3.63) is 52.5 Å². The van der Waals surface area contributed by atoms with Gasteiger partial charge in [-0.2, -0.15) is 0 Å². The number of nitrogens with one attached hydrogen (secondary N) is 1. The molecule has 162 valence electrons. The molecule has 0 aliphatic carbocycles. The molecular formula is C21H24Cl2N2O4S. The highest BCUT2D eigenvalue weighted by molar-refractivity contribution is 7.89. The van der Waals surface area contributed by atoms with Crippen molar-refractivity contribution in [1.29, 1.82) is 0 Å². The van der Waals surface area contributed by atoms with Gasteiger partial charge in [-0.25, -0.2) is 13.1 Å². The maximum atomic E-state index is 12.5. The lowest BCUT2D eigenvalue weighted by atomic mass is 9.97. The fourth-order valence-corrected chi connectivity index (χ4v) is 5.60. The van der Waals surface area contributed by atoms with E-state index in [9.17, 15) is 8.42 Å². The lowest BCUT2D eigenvalue weighted by Crippen LogP contribution is -2.45. The summed E-state index contributed by atoms with van der Waals surface area (Å²) in [6, 6.07) is 11.9. The van der Waals surface area contributed by atoms with Crippen LogP contribution in [0.4, 0.5) is 0 Å². The van der Waals surface area contributed by atoms with Gasteiger partial charge in [-0.15, -0.1) is 0 Å². The Morgan fingerprint density at radius 2 is 1.83 bits per heavy atom. The first-order valence-corrected chi connectivity index (χ1v) is 12.2. The SMILES string of the molecule is O=S(=O)(NCC1CCN(C[C@H]2COc3ccc(Cl)cc3O2)CC1)c1ccccc1Cl. The smallest absolute Gasteiger partial charge is 0.242 e. The lowest BCUT2D eigenvalue weighted by Gasteiger charge is -2.35. The summed E-state index contributed by atoms with van der Waals surface area (Å²) in [5.74, 6) is 1.70. The molecule has 30 heavy (non-hydrogen) atoms. The molecule has 0 saturated carbocycles. The van der Waals surface area contributed by atoms with Crippen molar-refractivity contribution in [2.75, 3.05) is 32.8 Å². The van der Waals surface area contributed by atoms with E-state index in [-0.39, 0.29) is 16.0 Å². The second-order valence-corrected chi connectivity index (χ2v) is 10.2. The molecule has 0 bridgehead atoms. The van der Waals surface area contributed by atoms with Gasteiger partial charge in [0, 0.05) is 24.2 Å². The first-order chi connectivity index (χ1) is 14.4. The van der Waals surface area contributed by atoms with Gasteiger partial charge < -0.3 is 9.47 Å². The molecule has 6 nitrogen and oxygen atoms in total. The Labute approximate surface area is 187 Å². The van der Waals surface area contributed by atoms with E-state index in [4.69, 9.17) is 32.7 Å². The third-order valence-electron chi connectivity index (χ3n) is 5.48. The molecule has 9 heteroatoms. The zero-order valence-corrected chi connectivity index (χ0v) is 18.7. The van der Waals surface area contributed by atoms with Gasteiger partial charge in [0.1, 0.15) is 17.6 Å². The average molecular weight is 471 g/mol. The van der Waals surface area contributed by atoms with Gasteiger partial charge in [0.05, 0.1) is 5.02 Å². The molecule has 0 radical (unpaired) electrons. The Balaban J connectivity index is 1.24. The highest BCUT2D eigenvalue weighted by Crippen LogP contribution is 2.34. The number of ether oxygens (including phenoxy) is 2. The molecular weight excluding hydrogens is 447 g/mol. The average Bonchev–Trinajstić information content (AvgIpc) is 2.73. The second-order valence-electron chi connectivity index (χ2n) is 7.67. The van der Waals surface area contributed by atoms with Gasteiger partial charge in [0.2, 0.25) is 10.0 Å². The minimum Gasteiger partial charge on any atom is -0.486 e.